The molecule has 0 aromatic rings. The van der Waals surface area contributed by atoms with Crippen LogP contribution in [0.5, 0.6) is 0 Å². The predicted octanol–water partition coefficient (Wildman–Crippen LogP) is 5.29. The molecule has 5 aliphatic rings. The minimum Gasteiger partial charge on any atom is -0.573 e. The molecule has 1 aliphatic heterocycles. The molecule has 0 aromatic heterocycles. The van der Waals surface area contributed by atoms with E-state index in [9.17, 15) is 19.6 Å². The summed E-state index contributed by atoms with van der Waals surface area (Å²) in [6.45, 7) is 15.5. The normalized spacial score (nSPS) is 46.7. The van der Waals surface area contributed by atoms with Crippen LogP contribution in [0.25, 0.3) is 0 Å². The zero-order valence-electron chi connectivity index (χ0n) is 25.2. The Bertz CT molecular complexity index is 896. The summed E-state index contributed by atoms with van der Waals surface area (Å²) in [5.41, 5.74) is 0.571. The monoisotopic (exact) mass is 566 g/mol. The van der Waals surface area contributed by atoms with E-state index in [2.05, 4.69) is 46.3 Å². The van der Waals surface area contributed by atoms with Crippen molar-refractivity contribution in [3.05, 3.63) is 0 Å². The molecule has 5 rings (SSSR count). The molecule has 39 heavy (non-hydrogen) atoms. The Morgan fingerprint density at radius 3 is 2.38 bits per heavy atom. The first-order chi connectivity index (χ1) is 18.3. The van der Waals surface area contributed by atoms with Crippen LogP contribution in [0.1, 0.15) is 99.3 Å². The summed E-state index contributed by atoms with van der Waals surface area (Å²) in [4.78, 5) is 12.3. The Morgan fingerprint density at radius 1 is 1.05 bits per heavy atom. The quantitative estimate of drug-likeness (QED) is 0.362. The maximum absolute atomic E-state index is 12.3. The maximum atomic E-state index is 12.3. The first-order valence-corrected chi connectivity index (χ1v) is 16.9. The fraction of sp³-hybridized carbons (Fsp3) is 0.968. The van der Waals surface area contributed by atoms with Gasteiger partial charge in [-0.15, -0.1) is 9.03 Å². The second kappa shape index (κ2) is 10.9. The second-order valence-corrected chi connectivity index (χ2v) is 16.6. The molecule has 1 saturated heterocycles. The van der Waals surface area contributed by atoms with Crippen molar-refractivity contribution in [2.24, 2.45) is 57.7 Å². The number of fused-ring (bicyclic) bond motifs is 5. The molecule has 7 nitrogen and oxygen atoms in total. The van der Waals surface area contributed by atoms with E-state index in [0.717, 1.165) is 32.1 Å². The van der Waals surface area contributed by atoms with Crippen LogP contribution in [0.2, 0.25) is 0 Å². The van der Waals surface area contributed by atoms with Crippen LogP contribution in [0.15, 0.2) is 0 Å². The molecule has 1 amide bonds. The SMILES string of the molecule is CC[C@@H]1C2C[C@H](O)CCC2(C)[C@H]2CCC3(C)[C@@H]([C@H](C)CCOC(=O)N[S@@+]([O-])N4CC(C)(C)C4)CC[C@H]3[C@H]2[C@@H]1O. The Morgan fingerprint density at radius 2 is 1.72 bits per heavy atom. The van der Waals surface area contributed by atoms with Crippen molar-refractivity contribution in [1.29, 1.82) is 0 Å². The summed E-state index contributed by atoms with van der Waals surface area (Å²) in [6.07, 6.45) is 8.29. The molecule has 4 saturated carbocycles. The molecule has 224 valence electrons. The smallest absolute Gasteiger partial charge is 0.450 e. The molecule has 0 spiro atoms. The Labute approximate surface area is 239 Å². The minimum absolute atomic E-state index is 0.147. The molecule has 0 radical (unpaired) electrons. The van der Waals surface area contributed by atoms with Crippen LogP contribution >= 0.6 is 0 Å². The number of nitrogens with one attached hydrogen (secondary N) is 1. The van der Waals surface area contributed by atoms with E-state index in [-0.39, 0.29) is 34.4 Å². The van der Waals surface area contributed by atoms with Crippen LogP contribution in [0.3, 0.4) is 0 Å². The van der Waals surface area contributed by atoms with Crippen molar-refractivity contribution in [1.82, 2.24) is 9.03 Å². The van der Waals surface area contributed by atoms with E-state index in [0.29, 0.717) is 55.2 Å². The van der Waals surface area contributed by atoms with Crippen LogP contribution in [0.4, 0.5) is 4.79 Å². The lowest BCUT2D eigenvalue weighted by Crippen LogP contribution is -2.62. The van der Waals surface area contributed by atoms with Crippen molar-refractivity contribution >= 4 is 17.6 Å². The van der Waals surface area contributed by atoms with Gasteiger partial charge in [0.25, 0.3) is 0 Å². The van der Waals surface area contributed by atoms with Gasteiger partial charge < -0.3 is 19.5 Å². The van der Waals surface area contributed by atoms with Crippen molar-refractivity contribution in [2.45, 2.75) is 112 Å². The molecule has 5 fully saturated rings. The number of carbonyl (C=O) groups is 1. The molecule has 0 aromatic carbocycles. The molecule has 0 bridgehead atoms. The van der Waals surface area contributed by atoms with Crippen molar-refractivity contribution in [3.63, 3.8) is 0 Å². The van der Waals surface area contributed by atoms with E-state index in [1.807, 2.05) is 0 Å². The van der Waals surface area contributed by atoms with Crippen LogP contribution in [-0.2, 0) is 16.3 Å². The van der Waals surface area contributed by atoms with Crippen molar-refractivity contribution < 1.29 is 24.3 Å². The highest BCUT2D eigenvalue weighted by molar-refractivity contribution is 7.87. The van der Waals surface area contributed by atoms with Gasteiger partial charge in [-0.25, -0.2) is 4.79 Å². The van der Waals surface area contributed by atoms with Gasteiger partial charge in [-0.2, -0.15) is 0 Å². The zero-order valence-corrected chi connectivity index (χ0v) is 26.0. The van der Waals surface area contributed by atoms with Crippen molar-refractivity contribution in [2.75, 3.05) is 19.7 Å². The lowest BCUT2D eigenvalue weighted by Gasteiger charge is -2.64. The summed E-state index contributed by atoms with van der Waals surface area (Å²) < 4.78 is 22.0. The standard InChI is InChI=1S/C31H54N2O5S/c1-7-21-25-16-20(34)10-13-31(25,6)24-11-14-30(5)22(8-9-23(30)26(24)27(21)35)19(2)12-15-38-28(36)32-39(37)33-17-29(3,4)18-33/h19-27,34-35H,7-18H2,1-6H3,(H,32,36)/t19-,20-,21-,22-,23+,24+,25?,26-,27-,30?,31?,39-/m1/s1. The molecular formula is C31H54N2O5S. The summed E-state index contributed by atoms with van der Waals surface area (Å²) in [5.74, 6) is 3.11. The summed E-state index contributed by atoms with van der Waals surface area (Å²) in [5, 5.41) is 22.4. The Balaban J connectivity index is 1.19. The Kier molecular flexibility index (Phi) is 8.40. The summed E-state index contributed by atoms with van der Waals surface area (Å²) >= 11 is -1.53. The molecule has 3 N–H and O–H groups in total. The van der Waals surface area contributed by atoms with Gasteiger partial charge in [-0.05, 0) is 109 Å². The fourth-order valence-corrected chi connectivity index (χ4v) is 11.9. The average Bonchev–Trinajstić information content (AvgIpc) is 3.21. The predicted molar refractivity (Wildman–Crippen MR) is 154 cm³/mol. The third kappa shape index (κ3) is 5.28. The van der Waals surface area contributed by atoms with Crippen LogP contribution in [-0.4, -0.2) is 57.1 Å². The third-order valence-electron chi connectivity index (χ3n) is 12.6. The number of amides is 1. The topological polar surface area (TPSA) is 105 Å². The maximum Gasteiger partial charge on any atom is 0.450 e. The molecule has 8 heteroatoms. The van der Waals surface area contributed by atoms with Gasteiger partial charge in [-0.3, -0.25) is 0 Å². The van der Waals surface area contributed by atoms with Crippen molar-refractivity contribution in [3.8, 4) is 0 Å². The number of hydrogen-bond acceptors (Lipinski definition) is 6. The van der Waals surface area contributed by atoms with Crippen LogP contribution < -0.4 is 4.72 Å². The highest BCUT2D eigenvalue weighted by atomic mass is 32.2. The lowest BCUT2D eigenvalue weighted by atomic mass is 9.41. The van der Waals surface area contributed by atoms with Gasteiger partial charge in [0.2, 0.25) is 0 Å². The number of aliphatic hydroxyl groups excluding tert-OH is 2. The first kappa shape index (κ1) is 29.9. The third-order valence-corrected chi connectivity index (χ3v) is 13.6. The number of nitrogens with zero attached hydrogens (tertiary/aromatic N) is 1. The molecule has 4 aliphatic carbocycles. The van der Waals surface area contributed by atoms with E-state index < -0.39 is 17.6 Å². The lowest BCUT2D eigenvalue weighted by molar-refractivity contribution is -0.203. The van der Waals surface area contributed by atoms with E-state index in [4.69, 9.17) is 4.74 Å². The van der Waals surface area contributed by atoms with Gasteiger partial charge in [0.1, 0.15) is 0 Å². The fourth-order valence-electron chi connectivity index (χ4n) is 10.7. The van der Waals surface area contributed by atoms with Gasteiger partial charge >= 0.3 is 6.09 Å². The number of ether oxygens (including phenoxy) is 1. The Hall–Kier alpha value is -0.540. The second-order valence-electron chi connectivity index (χ2n) is 15.3. The van der Waals surface area contributed by atoms with E-state index in [1.54, 1.807) is 4.31 Å². The number of hydrogen-bond donors (Lipinski definition) is 3. The van der Waals surface area contributed by atoms with Gasteiger partial charge in [-0.1, -0.05) is 48.0 Å². The first-order valence-electron chi connectivity index (χ1n) is 15.8. The van der Waals surface area contributed by atoms with Gasteiger partial charge in [0, 0.05) is 0 Å². The highest BCUT2D eigenvalue weighted by Gasteiger charge is 2.64. The number of aliphatic hydroxyl groups is 2. The average molecular weight is 567 g/mol. The highest BCUT2D eigenvalue weighted by Crippen LogP contribution is 2.69. The summed E-state index contributed by atoms with van der Waals surface area (Å²) in [7, 11) is 0. The largest absolute Gasteiger partial charge is 0.573 e. The zero-order chi connectivity index (χ0) is 28.3. The number of rotatable bonds is 7. The van der Waals surface area contributed by atoms with E-state index >= 15 is 0 Å². The minimum atomic E-state index is -1.53. The molecule has 1 heterocycles. The molecule has 12 atom stereocenters. The van der Waals surface area contributed by atoms with Crippen LogP contribution in [0, 0.1) is 57.7 Å². The van der Waals surface area contributed by atoms with Gasteiger partial charge in [0.15, 0.2) is 11.5 Å². The van der Waals surface area contributed by atoms with Gasteiger partial charge in [0.05, 0.1) is 31.9 Å². The summed E-state index contributed by atoms with van der Waals surface area (Å²) in [6, 6.07) is 0. The molecule has 3 unspecified atom stereocenters. The molecular weight excluding hydrogens is 512 g/mol. The number of carbonyl (C=O) groups excluding carboxylic acids is 1. The van der Waals surface area contributed by atoms with E-state index in [1.165, 1.54) is 25.7 Å².